The van der Waals surface area contributed by atoms with Crippen LogP contribution in [0.3, 0.4) is 0 Å². The number of nitrogens with zero attached hydrogens (tertiary/aromatic N) is 5. The summed E-state index contributed by atoms with van der Waals surface area (Å²) >= 11 is 2.34. The first-order valence-electron chi connectivity index (χ1n) is 10.8. The van der Waals surface area contributed by atoms with Gasteiger partial charge in [0.15, 0.2) is 0 Å². The van der Waals surface area contributed by atoms with Crippen LogP contribution in [0.4, 0.5) is 10.5 Å². The van der Waals surface area contributed by atoms with Gasteiger partial charge in [-0.1, -0.05) is 19.3 Å². The van der Waals surface area contributed by atoms with E-state index in [2.05, 4.69) is 60.1 Å². The van der Waals surface area contributed by atoms with Crippen molar-refractivity contribution in [2.45, 2.75) is 58.5 Å². The van der Waals surface area contributed by atoms with Crippen molar-refractivity contribution in [2.75, 3.05) is 18.4 Å². The molecule has 0 aliphatic carbocycles. The van der Waals surface area contributed by atoms with Crippen molar-refractivity contribution in [2.24, 2.45) is 0 Å². The van der Waals surface area contributed by atoms with Gasteiger partial charge in [-0.2, -0.15) is 5.10 Å². The number of carbonyl (C=O) groups excluding carboxylic acids is 1. The van der Waals surface area contributed by atoms with Crippen LogP contribution in [0.5, 0.6) is 0 Å². The Morgan fingerprint density at radius 2 is 1.78 bits per heavy atom. The molecule has 1 amide bonds. The summed E-state index contributed by atoms with van der Waals surface area (Å²) in [6.07, 6.45) is 10.9. The van der Waals surface area contributed by atoms with Crippen molar-refractivity contribution >= 4 is 51.1 Å². The van der Waals surface area contributed by atoms with Gasteiger partial charge in [0, 0.05) is 24.2 Å². The van der Waals surface area contributed by atoms with Gasteiger partial charge in [0.05, 0.1) is 23.8 Å². The molecule has 174 valence electrons. The van der Waals surface area contributed by atoms with Crippen LogP contribution in [0.25, 0.3) is 16.6 Å². The lowest BCUT2D eigenvalue weighted by atomic mass is 10.1. The largest absolute Gasteiger partial charge is 0.444 e. The zero-order chi connectivity index (χ0) is 23.0. The van der Waals surface area contributed by atoms with Crippen LogP contribution in [0.15, 0.2) is 31.0 Å². The first-order valence-corrected chi connectivity index (χ1v) is 14.9. The van der Waals surface area contributed by atoms with Gasteiger partial charge < -0.3 is 15.4 Å². The number of ether oxygens (including phenoxy) is 1. The van der Waals surface area contributed by atoms with Crippen molar-refractivity contribution in [1.29, 1.82) is 0 Å². The number of benzene rings is 1. The predicted octanol–water partition coefficient (Wildman–Crippen LogP) is 5.30. The Hall–Kier alpha value is -1.94. The second kappa shape index (κ2) is 11.8. The minimum atomic E-state index is -0.451. The molecule has 2 aromatic heterocycles. The number of carbonyl (C=O) groups is 1. The fourth-order valence-electron chi connectivity index (χ4n) is 3.32. The molecule has 3 aromatic rings. The summed E-state index contributed by atoms with van der Waals surface area (Å²) in [6, 6.07) is 4.24. The molecule has 0 bridgehead atoms. The number of hydrogen-bond donors (Lipinski definition) is 2. The Morgan fingerprint density at radius 1 is 1.09 bits per heavy atom. The quantitative estimate of drug-likeness (QED) is 0.184. The molecule has 0 fully saturated rings. The molecule has 1 unspecified atom stereocenters. The van der Waals surface area contributed by atoms with E-state index < -0.39 is 5.60 Å². The summed E-state index contributed by atoms with van der Waals surface area (Å²) < 4.78 is 9.16. The second-order valence-electron chi connectivity index (χ2n) is 8.56. The molecule has 32 heavy (non-hydrogen) atoms. The maximum absolute atomic E-state index is 11.6. The van der Waals surface area contributed by atoms with Crippen molar-refractivity contribution in [3.63, 3.8) is 0 Å². The lowest BCUT2D eigenvalue weighted by molar-refractivity contribution is 0.0527. The number of hydrogen-bond acceptors (Lipinski definition) is 6. The van der Waals surface area contributed by atoms with E-state index in [0.717, 1.165) is 60.9 Å². The fraction of sp³-hybridized carbons (Fsp3) is 0.524. The number of unbranched alkanes of at least 4 members (excludes halogenated alkanes) is 4. The van der Waals surface area contributed by atoms with E-state index in [0.29, 0.717) is 12.9 Å². The van der Waals surface area contributed by atoms with E-state index in [9.17, 15) is 4.79 Å². The number of anilines is 1. The number of aromatic nitrogens is 5. The number of amides is 1. The predicted molar refractivity (Wildman–Crippen MR) is 138 cm³/mol. The van der Waals surface area contributed by atoms with Crippen LogP contribution in [0.2, 0.25) is 0 Å². The normalized spacial score (nSPS) is 12.0. The highest BCUT2D eigenvalue weighted by molar-refractivity contribution is 14.2. The first kappa shape index (κ1) is 24.7. The molecule has 3 rings (SSSR count). The lowest BCUT2D eigenvalue weighted by Gasteiger charge is -2.19. The Morgan fingerprint density at radius 3 is 2.47 bits per heavy atom. The van der Waals surface area contributed by atoms with Crippen molar-refractivity contribution in [3.8, 4) is 5.69 Å². The topological polar surface area (TPSA) is 98.9 Å². The molecule has 0 spiro atoms. The third-order valence-corrected chi connectivity index (χ3v) is 6.69. The van der Waals surface area contributed by atoms with Gasteiger partial charge >= 0.3 is 6.09 Å². The molecular formula is C21H31IN7O2P. The molecule has 0 radical (unpaired) electrons. The Balaban J connectivity index is 1.42. The molecule has 2 heterocycles. The standard InChI is InChI=1S/C21H31IN7O2P/c1-21(2,3)31-20(30)24-10-8-6-4-5-7-9-23-18-11-16(28-14-25-26-15-28)12-19-17(18)13-27-29(19)32-22/h11-15,23,32H,4-10H2,1-3H3,(H,24,30). The van der Waals surface area contributed by atoms with Crippen molar-refractivity contribution in [3.05, 3.63) is 31.0 Å². The van der Waals surface area contributed by atoms with Crippen molar-refractivity contribution < 1.29 is 9.53 Å². The smallest absolute Gasteiger partial charge is 0.407 e. The number of alkyl carbamates (subject to hydrolysis) is 1. The second-order valence-corrected chi connectivity index (χ2v) is 10.6. The summed E-state index contributed by atoms with van der Waals surface area (Å²) in [4.78, 5) is 11.6. The third kappa shape index (κ3) is 7.30. The monoisotopic (exact) mass is 571 g/mol. The van der Waals surface area contributed by atoms with E-state index in [-0.39, 0.29) is 6.09 Å². The van der Waals surface area contributed by atoms with Gasteiger partial charge in [-0.25, -0.2) is 9.25 Å². The minimum Gasteiger partial charge on any atom is -0.444 e. The van der Waals surface area contributed by atoms with E-state index in [1.165, 1.54) is 0 Å². The molecular weight excluding hydrogens is 540 g/mol. The van der Waals surface area contributed by atoms with E-state index in [1.54, 1.807) is 12.7 Å². The summed E-state index contributed by atoms with van der Waals surface area (Å²) in [5, 5.41) is 19.9. The zero-order valence-electron chi connectivity index (χ0n) is 18.8. The number of halogens is 1. The zero-order valence-corrected chi connectivity index (χ0v) is 21.9. The van der Waals surface area contributed by atoms with Crippen LogP contribution in [-0.4, -0.2) is 49.1 Å². The van der Waals surface area contributed by atoms with E-state index in [4.69, 9.17) is 4.74 Å². The molecule has 9 nitrogen and oxygen atoms in total. The highest BCUT2D eigenvalue weighted by Gasteiger charge is 2.15. The van der Waals surface area contributed by atoms with Crippen LogP contribution in [0.1, 0.15) is 52.9 Å². The van der Waals surface area contributed by atoms with Crippen LogP contribution < -0.4 is 10.6 Å². The van der Waals surface area contributed by atoms with Gasteiger partial charge in [0.1, 0.15) is 18.3 Å². The molecule has 0 saturated carbocycles. The summed E-state index contributed by atoms with van der Waals surface area (Å²) in [5.41, 5.74) is 2.74. The molecule has 1 atom stereocenters. The molecule has 0 aliphatic heterocycles. The van der Waals surface area contributed by atoms with Crippen LogP contribution >= 0.6 is 28.4 Å². The van der Waals surface area contributed by atoms with Gasteiger partial charge in [-0.05, 0) is 67.8 Å². The molecule has 0 saturated heterocycles. The average molecular weight is 571 g/mol. The van der Waals surface area contributed by atoms with Gasteiger partial charge in [0.2, 0.25) is 0 Å². The SMILES string of the molecule is CC(C)(C)OC(=O)NCCCCCCCNc1cc(-n2cnnc2)cc2c1cnn2PI. The summed E-state index contributed by atoms with van der Waals surface area (Å²) in [5.74, 6) is 0. The van der Waals surface area contributed by atoms with Gasteiger partial charge in [0.25, 0.3) is 0 Å². The van der Waals surface area contributed by atoms with E-state index in [1.807, 2.05) is 36.0 Å². The maximum Gasteiger partial charge on any atom is 0.407 e. The Labute approximate surface area is 203 Å². The Bertz CT molecular complexity index is 1000. The highest BCUT2D eigenvalue weighted by atomic mass is 127. The Kier molecular flexibility index (Phi) is 9.10. The van der Waals surface area contributed by atoms with Gasteiger partial charge in [-0.15, -0.1) is 10.2 Å². The first-order chi connectivity index (χ1) is 15.4. The van der Waals surface area contributed by atoms with Crippen LogP contribution in [0, 0.1) is 0 Å². The minimum absolute atomic E-state index is 0.340. The van der Waals surface area contributed by atoms with Crippen molar-refractivity contribution in [1.82, 2.24) is 29.6 Å². The molecule has 0 aliphatic rings. The summed E-state index contributed by atoms with van der Waals surface area (Å²) in [6.45, 7) is 7.16. The number of rotatable bonds is 11. The molecule has 1 aromatic carbocycles. The average Bonchev–Trinajstić information content (AvgIpc) is 3.40. The van der Waals surface area contributed by atoms with Crippen LogP contribution in [-0.2, 0) is 4.74 Å². The lowest BCUT2D eigenvalue weighted by Crippen LogP contribution is -2.32. The highest BCUT2D eigenvalue weighted by Crippen LogP contribution is 2.33. The molecule has 11 heteroatoms. The van der Waals surface area contributed by atoms with E-state index >= 15 is 0 Å². The number of fused-ring (bicyclic) bond motifs is 1. The third-order valence-electron chi connectivity index (χ3n) is 4.81. The fourth-order valence-corrected chi connectivity index (χ4v) is 4.85. The summed E-state index contributed by atoms with van der Waals surface area (Å²) in [7, 11) is 0. The number of nitrogens with one attached hydrogen (secondary N) is 2. The van der Waals surface area contributed by atoms with Gasteiger partial charge in [-0.3, -0.25) is 4.57 Å². The maximum atomic E-state index is 11.6. The molecule has 2 N–H and O–H groups in total.